The van der Waals surface area contributed by atoms with Gasteiger partial charge in [0.25, 0.3) is 5.91 Å². The van der Waals surface area contributed by atoms with Crippen LogP contribution in [0.15, 0.2) is 42.6 Å². The number of piperidine rings is 1. The lowest BCUT2D eigenvalue weighted by atomic mass is 9.86. The Morgan fingerprint density at radius 3 is 2.86 bits per heavy atom. The molecule has 3 rings (SSSR count). The topological polar surface area (TPSA) is 66.9 Å². The molecule has 1 amide bonds. The number of carbonyl (C=O) groups is 1. The predicted molar refractivity (Wildman–Crippen MR) is 84.7 cm³/mol. The molecule has 0 spiro atoms. The zero-order valence-corrected chi connectivity index (χ0v) is 12.6. The summed E-state index contributed by atoms with van der Waals surface area (Å²) in [6.45, 7) is 3.58. The number of rotatable bonds is 3. The van der Waals surface area contributed by atoms with E-state index in [1.165, 1.54) is 5.56 Å². The van der Waals surface area contributed by atoms with Crippen molar-refractivity contribution in [3.63, 3.8) is 0 Å². The van der Waals surface area contributed by atoms with Crippen LogP contribution in [0.4, 0.5) is 0 Å². The average molecular weight is 296 g/mol. The molecule has 1 aliphatic rings. The van der Waals surface area contributed by atoms with Crippen LogP contribution in [0.5, 0.6) is 0 Å². The molecular formula is C17H20N4O. The van der Waals surface area contributed by atoms with Crippen molar-refractivity contribution >= 4 is 5.91 Å². The second-order valence-electron chi connectivity index (χ2n) is 5.61. The molecule has 22 heavy (non-hydrogen) atoms. The molecule has 1 aromatic carbocycles. The van der Waals surface area contributed by atoms with Gasteiger partial charge in [-0.15, -0.1) is 0 Å². The molecule has 114 valence electrons. The Morgan fingerprint density at radius 2 is 2.09 bits per heavy atom. The van der Waals surface area contributed by atoms with Crippen molar-refractivity contribution in [2.24, 2.45) is 0 Å². The van der Waals surface area contributed by atoms with Gasteiger partial charge in [0, 0.05) is 30.4 Å². The summed E-state index contributed by atoms with van der Waals surface area (Å²) in [6.07, 6.45) is 2.62. The van der Waals surface area contributed by atoms with Crippen LogP contribution in [0.25, 0.3) is 0 Å². The van der Waals surface area contributed by atoms with Crippen LogP contribution in [-0.2, 0) is 0 Å². The third-order valence-electron chi connectivity index (χ3n) is 4.02. The van der Waals surface area contributed by atoms with Gasteiger partial charge >= 0.3 is 0 Å². The first-order valence-corrected chi connectivity index (χ1v) is 7.60. The third-order valence-corrected chi connectivity index (χ3v) is 4.02. The van der Waals surface area contributed by atoms with Crippen molar-refractivity contribution in [1.82, 2.24) is 20.6 Å². The number of amides is 1. The number of aromatic nitrogens is 2. The van der Waals surface area contributed by atoms with Gasteiger partial charge < -0.3 is 10.6 Å². The lowest BCUT2D eigenvalue weighted by Crippen LogP contribution is -2.50. The van der Waals surface area contributed by atoms with Gasteiger partial charge in [-0.25, -0.2) is 9.97 Å². The molecule has 0 bridgehead atoms. The Bertz CT molecular complexity index is 644. The maximum atomic E-state index is 12.4. The lowest BCUT2D eigenvalue weighted by molar-refractivity contribution is 0.0913. The molecule has 5 nitrogen and oxygen atoms in total. The molecular weight excluding hydrogens is 276 g/mol. The number of aryl methyl sites for hydroxylation is 1. The normalized spacial score (nSPS) is 21.3. The average Bonchev–Trinajstić information content (AvgIpc) is 2.56. The largest absolute Gasteiger partial charge is 0.345 e. The van der Waals surface area contributed by atoms with Gasteiger partial charge in [-0.3, -0.25) is 4.79 Å². The second kappa shape index (κ2) is 6.66. The monoisotopic (exact) mass is 296 g/mol. The van der Waals surface area contributed by atoms with E-state index in [0.717, 1.165) is 25.2 Å². The van der Waals surface area contributed by atoms with Gasteiger partial charge in [0.1, 0.15) is 0 Å². The molecule has 0 aliphatic carbocycles. The summed E-state index contributed by atoms with van der Waals surface area (Å²) in [5, 5.41) is 6.43. The van der Waals surface area contributed by atoms with Crippen LogP contribution in [-0.4, -0.2) is 35.0 Å². The molecule has 2 atom stereocenters. The maximum absolute atomic E-state index is 12.4. The van der Waals surface area contributed by atoms with E-state index in [1.807, 2.05) is 25.1 Å². The van der Waals surface area contributed by atoms with Crippen molar-refractivity contribution in [2.45, 2.75) is 25.3 Å². The predicted octanol–water partition coefficient (Wildman–Crippen LogP) is 1.66. The number of hydrogen-bond acceptors (Lipinski definition) is 4. The van der Waals surface area contributed by atoms with Crippen LogP contribution in [0.2, 0.25) is 0 Å². The van der Waals surface area contributed by atoms with Gasteiger partial charge in [0.2, 0.25) is 5.82 Å². The molecule has 1 fully saturated rings. The van der Waals surface area contributed by atoms with E-state index in [2.05, 4.69) is 32.7 Å². The third kappa shape index (κ3) is 3.31. The van der Waals surface area contributed by atoms with Gasteiger partial charge in [-0.05, 0) is 31.5 Å². The Morgan fingerprint density at radius 1 is 1.27 bits per heavy atom. The summed E-state index contributed by atoms with van der Waals surface area (Å²) >= 11 is 0. The molecule has 2 heterocycles. The van der Waals surface area contributed by atoms with Gasteiger partial charge in [0.05, 0.1) is 0 Å². The highest BCUT2D eigenvalue weighted by Crippen LogP contribution is 2.25. The Balaban J connectivity index is 1.76. The van der Waals surface area contributed by atoms with E-state index in [9.17, 15) is 4.79 Å². The minimum atomic E-state index is -0.210. The second-order valence-corrected chi connectivity index (χ2v) is 5.61. The lowest BCUT2D eigenvalue weighted by Gasteiger charge is -2.33. The highest BCUT2D eigenvalue weighted by Gasteiger charge is 2.28. The standard InChI is InChI=1S/C17H20N4O/c1-12-7-10-19-16(20-12)17(22)21-15-11-18-9-8-14(15)13-5-3-2-4-6-13/h2-7,10,14-15,18H,8-9,11H2,1H3,(H,21,22)/t14-,15-/m1/s1. The van der Waals surface area contributed by atoms with Crippen molar-refractivity contribution in [3.8, 4) is 0 Å². The summed E-state index contributed by atoms with van der Waals surface area (Å²) in [6, 6.07) is 12.2. The van der Waals surface area contributed by atoms with Crippen molar-refractivity contribution < 1.29 is 4.79 Å². The van der Waals surface area contributed by atoms with Gasteiger partial charge in [-0.2, -0.15) is 0 Å². The first-order valence-electron chi connectivity index (χ1n) is 7.60. The van der Waals surface area contributed by atoms with E-state index in [-0.39, 0.29) is 17.8 Å². The fourth-order valence-electron chi connectivity index (χ4n) is 2.90. The number of carbonyl (C=O) groups excluding carboxylic acids is 1. The summed E-state index contributed by atoms with van der Waals surface area (Å²) in [4.78, 5) is 20.6. The molecule has 5 heteroatoms. The van der Waals surface area contributed by atoms with Crippen molar-refractivity contribution in [2.75, 3.05) is 13.1 Å². The van der Waals surface area contributed by atoms with Crippen LogP contribution in [0, 0.1) is 6.92 Å². The van der Waals surface area contributed by atoms with Crippen molar-refractivity contribution in [3.05, 3.63) is 59.7 Å². The quantitative estimate of drug-likeness (QED) is 0.904. The first-order chi connectivity index (χ1) is 10.7. The SMILES string of the molecule is Cc1ccnc(C(=O)N[C@@H]2CNCC[C@@H]2c2ccccc2)n1. The number of nitrogens with zero attached hydrogens (tertiary/aromatic N) is 2. The number of benzene rings is 1. The Labute approximate surface area is 130 Å². The Hall–Kier alpha value is -2.27. The zero-order chi connectivity index (χ0) is 15.4. The summed E-state index contributed by atoms with van der Waals surface area (Å²) < 4.78 is 0. The van der Waals surface area contributed by atoms with Crippen LogP contribution in [0.1, 0.15) is 34.2 Å². The fourth-order valence-corrected chi connectivity index (χ4v) is 2.90. The zero-order valence-electron chi connectivity index (χ0n) is 12.6. The molecule has 0 saturated carbocycles. The van der Waals surface area contributed by atoms with E-state index >= 15 is 0 Å². The molecule has 1 aromatic heterocycles. The van der Waals surface area contributed by atoms with Crippen LogP contribution >= 0.6 is 0 Å². The highest BCUT2D eigenvalue weighted by atomic mass is 16.2. The summed E-state index contributed by atoms with van der Waals surface area (Å²) in [7, 11) is 0. The van der Waals surface area contributed by atoms with E-state index in [0.29, 0.717) is 5.92 Å². The fraction of sp³-hybridized carbons (Fsp3) is 0.353. The summed E-state index contributed by atoms with van der Waals surface area (Å²) in [5.74, 6) is 0.340. The molecule has 2 aromatic rings. The summed E-state index contributed by atoms with van der Waals surface area (Å²) in [5.41, 5.74) is 2.06. The van der Waals surface area contributed by atoms with Gasteiger partial charge in [0.15, 0.2) is 0 Å². The number of hydrogen-bond donors (Lipinski definition) is 2. The first kappa shape index (κ1) is 14.7. The molecule has 1 aliphatic heterocycles. The molecule has 1 saturated heterocycles. The van der Waals surface area contributed by atoms with Gasteiger partial charge in [-0.1, -0.05) is 30.3 Å². The Kier molecular flexibility index (Phi) is 4.44. The molecule has 0 unspecified atom stereocenters. The maximum Gasteiger partial charge on any atom is 0.289 e. The van der Waals surface area contributed by atoms with E-state index < -0.39 is 0 Å². The van der Waals surface area contributed by atoms with Crippen LogP contribution in [0.3, 0.4) is 0 Å². The minimum Gasteiger partial charge on any atom is -0.345 e. The smallest absolute Gasteiger partial charge is 0.289 e. The van der Waals surface area contributed by atoms with Crippen LogP contribution < -0.4 is 10.6 Å². The number of nitrogens with one attached hydrogen (secondary N) is 2. The molecule has 2 N–H and O–H groups in total. The minimum absolute atomic E-state index is 0.0489. The molecule has 0 radical (unpaired) electrons. The van der Waals surface area contributed by atoms with E-state index in [1.54, 1.807) is 12.3 Å². The van der Waals surface area contributed by atoms with E-state index in [4.69, 9.17) is 0 Å². The van der Waals surface area contributed by atoms with Crippen molar-refractivity contribution in [1.29, 1.82) is 0 Å². The highest BCUT2D eigenvalue weighted by molar-refractivity contribution is 5.90.